The van der Waals surface area contributed by atoms with E-state index < -0.39 is 126 Å². The van der Waals surface area contributed by atoms with E-state index >= 15 is 0 Å². The van der Waals surface area contributed by atoms with Gasteiger partial charge in [0, 0.05) is 17.7 Å². The summed E-state index contributed by atoms with van der Waals surface area (Å²) in [7, 11) is 0. The van der Waals surface area contributed by atoms with E-state index in [2.05, 4.69) is 0 Å². The minimum Gasteiger partial charge on any atom is -0.507 e. The molecule has 3 heterocycles. The first kappa shape index (κ1) is 32.4. The summed E-state index contributed by atoms with van der Waals surface area (Å²) in [4.78, 5) is 13.8. The highest BCUT2D eigenvalue weighted by Gasteiger charge is 2.46. The van der Waals surface area contributed by atoms with Crippen LogP contribution in [0.4, 0.5) is 0 Å². The molecule has 2 saturated heterocycles. The highest BCUT2D eigenvalue weighted by molar-refractivity contribution is 5.88. The maximum absolute atomic E-state index is 13.8. The van der Waals surface area contributed by atoms with E-state index in [-0.39, 0.29) is 11.3 Å². The molecule has 246 valence electrons. The van der Waals surface area contributed by atoms with Crippen molar-refractivity contribution in [3.8, 4) is 45.8 Å². The van der Waals surface area contributed by atoms with Crippen LogP contribution in [0.2, 0.25) is 0 Å². The topological polar surface area (TPSA) is 310 Å². The van der Waals surface area contributed by atoms with Gasteiger partial charge in [0.25, 0.3) is 0 Å². The second kappa shape index (κ2) is 12.4. The molecule has 18 heteroatoms. The van der Waals surface area contributed by atoms with Gasteiger partial charge >= 0.3 is 0 Å². The maximum Gasteiger partial charge on any atom is 0.239 e. The summed E-state index contributed by atoms with van der Waals surface area (Å²) < 4.78 is 27.5. The number of hydrogen-bond acceptors (Lipinski definition) is 18. The molecule has 5 rings (SSSR count). The Bertz CT molecular complexity index is 1580. The van der Waals surface area contributed by atoms with Crippen molar-refractivity contribution in [3.05, 3.63) is 34.5 Å². The minimum absolute atomic E-state index is 0.305. The van der Waals surface area contributed by atoms with Gasteiger partial charge in [-0.1, -0.05) is 0 Å². The fourth-order valence-electron chi connectivity index (χ4n) is 4.94. The van der Waals surface area contributed by atoms with E-state index in [1.165, 1.54) is 0 Å². The first-order chi connectivity index (χ1) is 21.3. The van der Waals surface area contributed by atoms with Crippen LogP contribution in [0.15, 0.2) is 33.5 Å². The zero-order chi connectivity index (χ0) is 32.9. The fraction of sp³-hybridized carbons (Fsp3) is 0.444. The predicted molar refractivity (Wildman–Crippen MR) is 143 cm³/mol. The molecule has 18 nitrogen and oxygen atoms in total. The van der Waals surface area contributed by atoms with E-state index in [1.807, 2.05) is 0 Å². The Kier molecular flexibility index (Phi) is 8.97. The molecule has 0 radical (unpaired) electrons. The molecular formula is C27H30O18. The molecule has 10 atom stereocenters. The molecule has 2 aromatic carbocycles. The fourth-order valence-corrected chi connectivity index (χ4v) is 4.94. The van der Waals surface area contributed by atoms with Crippen LogP contribution in [0.25, 0.3) is 22.3 Å². The Morgan fingerprint density at radius 3 is 1.67 bits per heavy atom. The Morgan fingerprint density at radius 2 is 1.16 bits per heavy atom. The number of rotatable bonds is 7. The van der Waals surface area contributed by atoms with Crippen LogP contribution in [0.1, 0.15) is 0 Å². The number of aliphatic hydroxyl groups is 8. The van der Waals surface area contributed by atoms with Crippen molar-refractivity contribution in [2.75, 3.05) is 13.2 Å². The largest absolute Gasteiger partial charge is 0.507 e. The van der Waals surface area contributed by atoms with Crippen LogP contribution in [-0.2, 0) is 9.47 Å². The molecule has 12 N–H and O–H groups in total. The Hall–Kier alpha value is -3.95. The Labute approximate surface area is 250 Å². The van der Waals surface area contributed by atoms with E-state index in [1.54, 1.807) is 0 Å². The summed E-state index contributed by atoms with van der Waals surface area (Å²) in [6, 6.07) is 3.62. The number of ether oxygens (including phenoxy) is 4. The monoisotopic (exact) mass is 642 g/mol. The van der Waals surface area contributed by atoms with Gasteiger partial charge in [-0.25, -0.2) is 0 Å². The highest BCUT2D eigenvalue weighted by atomic mass is 16.7. The van der Waals surface area contributed by atoms with Gasteiger partial charge in [-0.3, -0.25) is 4.79 Å². The summed E-state index contributed by atoms with van der Waals surface area (Å²) in [5, 5.41) is 120. The maximum atomic E-state index is 13.8. The molecular weight excluding hydrogens is 612 g/mol. The normalized spacial score (nSPS) is 32.0. The first-order valence-corrected chi connectivity index (χ1v) is 13.3. The molecule has 2 aliphatic heterocycles. The predicted octanol–water partition coefficient (Wildman–Crippen LogP) is -3.36. The van der Waals surface area contributed by atoms with Crippen molar-refractivity contribution < 1.29 is 84.6 Å². The van der Waals surface area contributed by atoms with Crippen molar-refractivity contribution in [2.45, 2.75) is 61.4 Å². The van der Waals surface area contributed by atoms with Crippen molar-refractivity contribution >= 4 is 11.0 Å². The van der Waals surface area contributed by atoms with E-state index in [0.29, 0.717) is 0 Å². The molecule has 5 unspecified atom stereocenters. The number of phenols is 4. The second-order valence-electron chi connectivity index (χ2n) is 10.4. The Morgan fingerprint density at radius 1 is 0.644 bits per heavy atom. The van der Waals surface area contributed by atoms with Crippen molar-refractivity contribution in [1.82, 2.24) is 0 Å². The zero-order valence-corrected chi connectivity index (χ0v) is 22.8. The lowest BCUT2D eigenvalue weighted by molar-refractivity contribution is -0.277. The van der Waals surface area contributed by atoms with Gasteiger partial charge in [-0.2, -0.15) is 0 Å². The molecule has 1 aromatic heterocycles. The van der Waals surface area contributed by atoms with Crippen molar-refractivity contribution in [1.29, 1.82) is 0 Å². The molecule has 0 bridgehead atoms. The van der Waals surface area contributed by atoms with Crippen LogP contribution in [-0.4, -0.2) is 136 Å². The van der Waals surface area contributed by atoms with E-state index in [0.717, 1.165) is 24.3 Å². The molecule has 2 fully saturated rings. The summed E-state index contributed by atoms with van der Waals surface area (Å²) in [6.07, 6.45) is -17.4. The third kappa shape index (κ3) is 5.79. The van der Waals surface area contributed by atoms with Crippen LogP contribution in [0, 0.1) is 0 Å². The average Bonchev–Trinajstić information content (AvgIpc) is 3.00. The number of fused-ring (bicyclic) bond motifs is 1. The lowest BCUT2D eigenvalue weighted by Crippen LogP contribution is -2.60. The summed E-state index contributed by atoms with van der Waals surface area (Å²) in [5.41, 5.74) is -1.89. The average molecular weight is 643 g/mol. The van der Waals surface area contributed by atoms with Crippen LogP contribution in [0.3, 0.4) is 0 Å². The van der Waals surface area contributed by atoms with E-state index in [9.17, 15) is 66.1 Å². The number of aliphatic hydroxyl groups excluding tert-OH is 8. The van der Waals surface area contributed by atoms with Gasteiger partial charge < -0.3 is 84.6 Å². The number of aromatic hydroxyl groups is 4. The molecule has 0 amide bonds. The molecule has 45 heavy (non-hydrogen) atoms. The molecule has 2 aliphatic rings. The van der Waals surface area contributed by atoms with Gasteiger partial charge in [0.05, 0.1) is 13.2 Å². The smallest absolute Gasteiger partial charge is 0.239 e. The number of hydrogen-bond donors (Lipinski definition) is 12. The van der Waals surface area contributed by atoms with Crippen LogP contribution < -0.4 is 14.9 Å². The quantitative estimate of drug-likeness (QED) is 0.112. The summed E-state index contributed by atoms with van der Waals surface area (Å²) in [5.74, 6) is -5.21. The summed E-state index contributed by atoms with van der Waals surface area (Å²) in [6.45, 7) is -1.59. The third-order valence-electron chi connectivity index (χ3n) is 7.42. The number of phenolic OH excluding ortho intramolecular Hbond substituents is 4. The van der Waals surface area contributed by atoms with E-state index in [4.69, 9.17) is 23.4 Å². The lowest BCUT2D eigenvalue weighted by Gasteiger charge is -2.39. The molecule has 0 spiro atoms. The SMILES string of the molecule is O=c1c(O[C@@H]2OC(CO)[C@@H](O)C(O)C2O)c(-c2cc(O)c(O)c(O)c2)oc2cc(O[C@@H]3OC(CO)[C@H](O)[C@H](O)C3O)cc(O)c12. The lowest BCUT2D eigenvalue weighted by atomic mass is 9.99. The first-order valence-electron chi connectivity index (χ1n) is 13.3. The molecule has 0 saturated carbocycles. The van der Waals surface area contributed by atoms with Crippen molar-refractivity contribution in [3.63, 3.8) is 0 Å². The minimum atomic E-state index is -1.99. The second-order valence-corrected chi connectivity index (χ2v) is 10.4. The summed E-state index contributed by atoms with van der Waals surface area (Å²) >= 11 is 0. The van der Waals surface area contributed by atoms with Gasteiger partial charge in [0.15, 0.2) is 23.0 Å². The standard InChI is InChI=1S/C27H30O18/c28-5-13-17(34)20(37)22(39)26(43-13)41-8-3-9(30)15-12(4-8)42-24(7-1-10(31)16(33)11(32)2-7)25(19(15)36)45-27-23(40)21(38)18(35)14(6-29)44-27/h1-4,13-14,17-18,20-23,26-35,37-40H,5-6H2/t13?,14?,17-,18+,20-,21?,22?,23?,26+,27-/m0/s1. The Balaban J connectivity index is 1.62. The van der Waals surface area contributed by atoms with Gasteiger partial charge in [0.1, 0.15) is 71.3 Å². The van der Waals surface area contributed by atoms with Gasteiger partial charge in [-0.05, 0) is 12.1 Å². The molecule has 0 aliphatic carbocycles. The molecule has 3 aromatic rings. The van der Waals surface area contributed by atoms with Crippen LogP contribution in [0.5, 0.6) is 34.5 Å². The van der Waals surface area contributed by atoms with Gasteiger partial charge in [-0.15, -0.1) is 0 Å². The highest BCUT2D eigenvalue weighted by Crippen LogP contribution is 2.43. The zero-order valence-electron chi connectivity index (χ0n) is 22.8. The van der Waals surface area contributed by atoms with Crippen LogP contribution >= 0.6 is 0 Å². The third-order valence-corrected chi connectivity index (χ3v) is 7.42. The number of benzene rings is 2. The van der Waals surface area contributed by atoms with Gasteiger partial charge in [0.2, 0.25) is 23.8 Å². The van der Waals surface area contributed by atoms with Crippen molar-refractivity contribution in [2.24, 2.45) is 0 Å².